The van der Waals surface area contributed by atoms with Gasteiger partial charge in [-0.3, -0.25) is 0 Å². The number of nitrogens with zero attached hydrogens (tertiary/aromatic N) is 1. The smallest absolute Gasteiger partial charge is 0.0658 e. The van der Waals surface area contributed by atoms with Crippen molar-refractivity contribution in [2.24, 2.45) is 28.8 Å². The SMILES string of the molecule is O/N=C1\[C@@H]2C[C@H]3C[C@@H](C2)[C@@H](O)[C@@H]1C3. The summed E-state index contributed by atoms with van der Waals surface area (Å²) in [5.41, 5.74) is 0.889. The maximum absolute atomic E-state index is 9.94. The van der Waals surface area contributed by atoms with Crippen molar-refractivity contribution in [3.8, 4) is 0 Å². The third-order valence-corrected chi connectivity index (χ3v) is 4.24. The molecule has 4 aliphatic carbocycles. The minimum atomic E-state index is -0.223. The van der Waals surface area contributed by atoms with Crippen LogP contribution in [0.2, 0.25) is 0 Å². The maximum atomic E-state index is 9.94. The summed E-state index contributed by atoms with van der Waals surface area (Å²) >= 11 is 0. The molecular formula is C10H15NO2. The van der Waals surface area contributed by atoms with Crippen LogP contribution >= 0.6 is 0 Å². The number of aliphatic hydroxyl groups is 1. The van der Waals surface area contributed by atoms with E-state index in [0.29, 0.717) is 11.8 Å². The van der Waals surface area contributed by atoms with Gasteiger partial charge < -0.3 is 10.3 Å². The molecule has 0 aromatic carbocycles. The van der Waals surface area contributed by atoms with Crippen molar-refractivity contribution < 1.29 is 10.3 Å². The molecule has 72 valence electrons. The molecule has 4 rings (SSSR count). The molecule has 0 amide bonds. The second-order valence-electron chi connectivity index (χ2n) is 4.89. The fourth-order valence-corrected chi connectivity index (χ4v) is 3.78. The molecule has 3 nitrogen and oxygen atoms in total. The quantitative estimate of drug-likeness (QED) is 0.436. The van der Waals surface area contributed by atoms with Gasteiger partial charge in [-0.15, -0.1) is 0 Å². The summed E-state index contributed by atoms with van der Waals surface area (Å²) in [5.74, 6) is 1.95. The standard InChI is InChI=1S/C10H15NO2/c12-10-7-2-5-1-6(4-7)9(11-13)8(10)3-5/h5-8,10,12-13H,1-4H2/b11-9+/t5-,6+,7-,8+,10+/m0/s1. The van der Waals surface area contributed by atoms with Gasteiger partial charge in [-0.1, -0.05) is 5.16 Å². The highest BCUT2D eigenvalue weighted by molar-refractivity contribution is 5.90. The predicted octanol–water partition coefficient (Wildman–Crippen LogP) is 1.24. The Labute approximate surface area is 77.4 Å². The van der Waals surface area contributed by atoms with Gasteiger partial charge in [0.15, 0.2) is 0 Å². The van der Waals surface area contributed by atoms with Gasteiger partial charge in [-0.25, -0.2) is 0 Å². The Morgan fingerprint density at radius 3 is 2.77 bits per heavy atom. The molecule has 5 atom stereocenters. The van der Waals surface area contributed by atoms with Gasteiger partial charge >= 0.3 is 0 Å². The van der Waals surface area contributed by atoms with Crippen molar-refractivity contribution in [2.45, 2.75) is 31.8 Å². The average Bonchev–Trinajstić information content (AvgIpc) is 2.13. The van der Waals surface area contributed by atoms with Crippen molar-refractivity contribution >= 4 is 5.71 Å². The number of aliphatic hydroxyl groups excluding tert-OH is 1. The summed E-state index contributed by atoms with van der Waals surface area (Å²) in [6, 6.07) is 0. The minimum absolute atomic E-state index is 0.182. The van der Waals surface area contributed by atoms with Crippen LogP contribution in [0.3, 0.4) is 0 Å². The molecule has 0 aromatic heterocycles. The fourth-order valence-electron chi connectivity index (χ4n) is 3.78. The van der Waals surface area contributed by atoms with Gasteiger partial charge in [0.05, 0.1) is 11.8 Å². The van der Waals surface area contributed by atoms with Crippen LogP contribution in [0, 0.1) is 23.7 Å². The van der Waals surface area contributed by atoms with Gasteiger partial charge in [0.25, 0.3) is 0 Å². The Morgan fingerprint density at radius 2 is 2.00 bits per heavy atom. The van der Waals surface area contributed by atoms with Crippen LogP contribution in [0.15, 0.2) is 5.16 Å². The molecule has 13 heavy (non-hydrogen) atoms. The zero-order valence-electron chi connectivity index (χ0n) is 7.56. The lowest BCUT2D eigenvalue weighted by Crippen LogP contribution is -2.53. The van der Waals surface area contributed by atoms with E-state index < -0.39 is 0 Å². The number of hydrogen-bond acceptors (Lipinski definition) is 3. The van der Waals surface area contributed by atoms with Gasteiger partial charge in [0, 0.05) is 11.8 Å². The normalized spacial score (nSPS) is 56.1. The fraction of sp³-hybridized carbons (Fsp3) is 0.900. The largest absolute Gasteiger partial charge is 0.411 e. The Balaban J connectivity index is 1.98. The van der Waals surface area contributed by atoms with Crippen LogP contribution in [0.5, 0.6) is 0 Å². The maximum Gasteiger partial charge on any atom is 0.0658 e. The van der Waals surface area contributed by atoms with E-state index in [4.69, 9.17) is 5.21 Å². The van der Waals surface area contributed by atoms with Gasteiger partial charge in [-0.2, -0.15) is 0 Å². The summed E-state index contributed by atoms with van der Waals surface area (Å²) in [7, 11) is 0. The summed E-state index contributed by atoms with van der Waals surface area (Å²) in [5, 5.41) is 22.2. The van der Waals surface area contributed by atoms with E-state index in [1.165, 1.54) is 12.8 Å². The summed E-state index contributed by atoms with van der Waals surface area (Å²) in [6.07, 6.45) is 4.27. The highest BCUT2D eigenvalue weighted by Crippen LogP contribution is 2.52. The lowest BCUT2D eigenvalue weighted by atomic mass is 9.54. The molecule has 4 bridgehead atoms. The number of hydrogen-bond donors (Lipinski definition) is 2. The van der Waals surface area contributed by atoms with Crippen molar-refractivity contribution in [1.82, 2.24) is 0 Å². The van der Waals surface area contributed by atoms with Crippen molar-refractivity contribution in [3.05, 3.63) is 0 Å². The topological polar surface area (TPSA) is 52.8 Å². The zero-order valence-corrected chi connectivity index (χ0v) is 7.56. The van der Waals surface area contributed by atoms with Crippen molar-refractivity contribution in [1.29, 1.82) is 0 Å². The molecule has 4 aliphatic rings. The summed E-state index contributed by atoms with van der Waals surface area (Å²) < 4.78 is 0. The van der Waals surface area contributed by atoms with E-state index >= 15 is 0 Å². The van der Waals surface area contributed by atoms with E-state index in [9.17, 15) is 5.11 Å². The minimum Gasteiger partial charge on any atom is -0.411 e. The van der Waals surface area contributed by atoms with Gasteiger partial charge in [-0.05, 0) is 37.5 Å². The summed E-state index contributed by atoms with van der Waals surface area (Å²) in [4.78, 5) is 0. The van der Waals surface area contributed by atoms with Crippen LogP contribution in [0.25, 0.3) is 0 Å². The lowest BCUT2D eigenvalue weighted by Gasteiger charge is -2.52. The first-order valence-corrected chi connectivity index (χ1v) is 5.19. The first-order valence-electron chi connectivity index (χ1n) is 5.19. The van der Waals surface area contributed by atoms with Crippen LogP contribution in [0.1, 0.15) is 25.7 Å². The Bertz CT molecular complexity index is 264. The van der Waals surface area contributed by atoms with Crippen molar-refractivity contribution in [2.75, 3.05) is 0 Å². The van der Waals surface area contributed by atoms with Gasteiger partial charge in [0.1, 0.15) is 0 Å². The molecule has 0 heterocycles. The van der Waals surface area contributed by atoms with Crippen LogP contribution in [-0.2, 0) is 0 Å². The highest BCUT2D eigenvalue weighted by atomic mass is 16.4. The molecule has 0 aliphatic heterocycles. The highest BCUT2D eigenvalue weighted by Gasteiger charge is 2.51. The lowest BCUT2D eigenvalue weighted by molar-refractivity contribution is -0.0341. The Morgan fingerprint density at radius 1 is 1.15 bits per heavy atom. The van der Waals surface area contributed by atoms with Crippen LogP contribution in [-0.4, -0.2) is 22.1 Å². The van der Waals surface area contributed by atoms with Gasteiger partial charge in [0.2, 0.25) is 0 Å². The molecule has 0 radical (unpaired) electrons. The Kier molecular flexibility index (Phi) is 1.48. The third kappa shape index (κ3) is 0.909. The van der Waals surface area contributed by atoms with E-state index in [0.717, 1.165) is 24.5 Å². The first kappa shape index (κ1) is 7.80. The van der Waals surface area contributed by atoms with E-state index in [-0.39, 0.29) is 12.0 Å². The summed E-state index contributed by atoms with van der Waals surface area (Å²) in [6.45, 7) is 0. The predicted molar refractivity (Wildman–Crippen MR) is 47.7 cm³/mol. The molecule has 2 N–H and O–H groups in total. The molecule has 0 unspecified atom stereocenters. The zero-order chi connectivity index (χ0) is 9.00. The molecular weight excluding hydrogens is 166 g/mol. The van der Waals surface area contributed by atoms with E-state index in [1.54, 1.807) is 0 Å². The van der Waals surface area contributed by atoms with E-state index in [2.05, 4.69) is 5.16 Å². The molecule has 4 fully saturated rings. The first-order chi connectivity index (χ1) is 6.29. The van der Waals surface area contributed by atoms with Crippen molar-refractivity contribution in [3.63, 3.8) is 0 Å². The molecule has 0 spiro atoms. The molecule has 3 heteroatoms. The second kappa shape index (κ2) is 2.47. The van der Waals surface area contributed by atoms with E-state index in [1.807, 2.05) is 0 Å². The number of rotatable bonds is 0. The van der Waals surface area contributed by atoms with Crippen LogP contribution < -0.4 is 0 Å². The third-order valence-electron chi connectivity index (χ3n) is 4.24. The average molecular weight is 181 g/mol. The van der Waals surface area contributed by atoms with Crippen LogP contribution in [0.4, 0.5) is 0 Å². The molecule has 0 saturated heterocycles. The second-order valence-corrected chi connectivity index (χ2v) is 4.89. The molecule has 0 aromatic rings. The monoisotopic (exact) mass is 181 g/mol. The Hall–Kier alpha value is -0.570. The number of oxime groups is 1. The molecule has 4 saturated carbocycles.